The fourth-order valence-corrected chi connectivity index (χ4v) is 3.21. The van der Waals surface area contributed by atoms with Crippen molar-refractivity contribution in [3.8, 4) is 0 Å². The molecule has 6 heteroatoms. The Balaban J connectivity index is 0.00000176. The molecule has 1 fully saturated rings. The summed E-state index contributed by atoms with van der Waals surface area (Å²) in [6, 6.07) is 4.88. The maximum absolute atomic E-state index is 4.45. The first kappa shape index (κ1) is 17.3. The molecule has 2 aliphatic rings. The highest BCUT2D eigenvalue weighted by atomic mass is 127. The maximum atomic E-state index is 4.45. The van der Waals surface area contributed by atoms with E-state index in [9.17, 15) is 0 Å². The van der Waals surface area contributed by atoms with Crippen LogP contribution in [0, 0.1) is 0 Å². The van der Waals surface area contributed by atoms with E-state index in [1.807, 2.05) is 7.05 Å². The quantitative estimate of drug-likeness (QED) is 0.353. The maximum Gasteiger partial charge on any atom is 0.194 e. The van der Waals surface area contributed by atoms with Gasteiger partial charge in [0, 0.05) is 58.2 Å². The lowest BCUT2D eigenvalue weighted by Crippen LogP contribution is -2.42. The van der Waals surface area contributed by atoms with Gasteiger partial charge in [-0.25, -0.2) is 0 Å². The molecule has 0 radical (unpaired) electrons. The lowest BCUT2D eigenvalue weighted by molar-refractivity contribution is 0.259. The van der Waals surface area contributed by atoms with Gasteiger partial charge in [-0.1, -0.05) is 12.2 Å². The van der Waals surface area contributed by atoms with Crippen molar-refractivity contribution in [1.82, 2.24) is 19.7 Å². The van der Waals surface area contributed by atoms with Gasteiger partial charge in [-0.15, -0.1) is 24.0 Å². The number of nitrogens with zero attached hydrogens (tertiary/aromatic N) is 4. The molecule has 1 aromatic heterocycles. The molecular weight excluding hydrogens is 389 g/mol. The van der Waals surface area contributed by atoms with Crippen molar-refractivity contribution in [2.75, 3.05) is 33.2 Å². The van der Waals surface area contributed by atoms with Gasteiger partial charge in [0.1, 0.15) is 0 Å². The SMILES string of the molecule is CN=C(NCc1cccn1C)N1CCC(N2CC=CC2)C1.I. The number of aromatic nitrogens is 1. The van der Waals surface area contributed by atoms with Crippen molar-refractivity contribution in [3.63, 3.8) is 0 Å². The summed E-state index contributed by atoms with van der Waals surface area (Å²) >= 11 is 0. The number of aliphatic imine (C=N–C) groups is 1. The summed E-state index contributed by atoms with van der Waals surface area (Å²) in [5.41, 5.74) is 1.27. The molecule has 0 aromatic carbocycles. The molecule has 0 amide bonds. The van der Waals surface area contributed by atoms with Gasteiger partial charge in [-0.05, 0) is 18.6 Å². The van der Waals surface area contributed by atoms with Crippen LogP contribution >= 0.6 is 24.0 Å². The van der Waals surface area contributed by atoms with Gasteiger partial charge in [0.15, 0.2) is 5.96 Å². The summed E-state index contributed by atoms with van der Waals surface area (Å²) < 4.78 is 2.14. The lowest BCUT2D eigenvalue weighted by atomic mass is 10.2. The molecule has 1 atom stereocenters. The van der Waals surface area contributed by atoms with Crippen LogP contribution in [0.4, 0.5) is 0 Å². The molecule has 2 aliphatic heterocycles. The van der Waals surface area contributed by atoms with E-state index >= 15 is 0 Å². The minimum Gasteiger partial charge on any atom is -0.353 e. The van der Waals surface area contributed by atoms with Crippen molar-refractivity contribution >= 4 is 29.9 Å². The van der Waals surface area contributed by atoms with Crippen molar-refractivity contribution < 1.29 is 0 Å². The van der Waals surface area contributed by atoms with Crippen LogP contribution in [0.25, 0.3) is 0 Å². The van der Waals surface area contributed by atoms with Crippen molar-refractivity contribution in [1.29, 1.82) is 0 Å². The number of nitrogens with one attached hydrogen (secondary N) is 1. The smallest absolute Gasteiger partial charge is 0.194 e. The van der Waals surface area contributed by atoms with Crippen LogP contribution in [-0.4, -0.2) is 59.6 Å². The number of aryl methyl sites for hydroxylation is 1. The zero-order valence-electron chi connectivity index (χ0n) is 13.4. The van der Waals surface area contributed by atoms with Crippen molar-refractivity contribution in [2.45, 2.75) is 19.0 Å². The molecule has 1 N–H and O–H groups in total. The molecule has 0 spiro atoms. The van der Waals surface area contributed by atoms with Crippen LogP contribution in [0.1, 0.15) is 12.1 Å². The van der Waals surface area contributed by atoms with Crippen LogP contribution in [0.3, 0.4) is 0 Å². The predicted octanol–water partition coefficient (Wildman–Crippen LogP) is 1.66. The van der Waals surface area contributed by atoms with E-state index < -0.39 is 0 Å². The largest absolute Gasteiger partial charge is 0.353 e. The standard InChI is InChI=1S/C16H25N5.HI/c1-17-16(18-12-14-6-5-8-19(14)2)21-11-7-15(13-21)20-9-3-4-10-20;/h3-6,8,15H,7,9-13H2,1-2H3,(H,17,18);1H. The molecule has 3 rings (SSSR count). The topological polar surface area (TPSA) is 35.8 Å². The fourth-order valence-electron chi connectivity index (χ4n) is 3.21. The molecule has 0 bridgehead atoms. The molecule has 1 aromatic rings. The highest BCUT2D eigenvalue weighted by Gasteiger charge is 2.29. The first-order valence-corrected chi connectivity index (χ1v) is 7.73. The Bertz CT molecular complexity index is 528. The minimum atomic E-state index is 0. The summed E-state index contributed by atoms with van der Waals surface area (Å²) in [7, 11) is 3.95. The highest BCUT2D eigenvalue weighted by molar-refractivity contribution is 14.0. The molecule has 0 aliphatic carbocycles. The summed E-state index contributed by atoms with van der Waals surface area (Å²) in [6.45, 7) is 5.20. The lowest BCUT2D eigenvalue weighted by Gasteiger charge is -2.25. The van der Waals surface area contributed by atoms with E-state index in [0.717, 1.165) is 38.7 Å². The summed E-state index contributed by atoms with van der Waals surface area (Å²) in [6.07, 6.45) is 7.84. The second-order valence-corrected chi connectivity index (χ2v) is 5.83. The third kappa shape index (κ3) is 3.84. The average molecular weight is 415 g/mol. The van der Waals surface area contributed by atoms with Gasteiger partial charge in [0.2, 0.25) is 0 Å². The summed E-state index contributed by atoms with van der Waals surface area (Å²) in [5.74, 6) is 1.02. The third-order valence-corrected chi connectivity index (χ3v) is 4.52. The van der Waals surface area contributed by atoms with Crippen LogP contribution < -0.4 is 5.32 Å². The van der Waals surface area contributed by atoms with Crippen molar-refractivity contribution in [3.05, 3.63) is 36.2 Å². The molecule has 122 valence electrons. The van der Waals surface area contributed by atoms with Gasteiger partial charge < -0.3 is 14.8 Å². The number of likely N-dealkylation sites (tertiary alicyclic amines) is 1. The minimum absolute atomic E-state index is 0. The Labute approximate surface area is 150 Å². The van der Waals surface area contributed by atoms with Crippen LogP contribution in [0.15, 0.2) is 35.5 Å². The van der Waals surface area contributed by atoms with Gasteiger partial charge in [0.25, 0.3) is 0 Å². The Hall–Kier alpha value is -1.02. The van der Waals surface area contributed by atoms with E-state index in [1.54, 1.807) is 0 Å². The van der Waals surface area contributed by atoms with E-state index in [-0.39, 0.29) is 24.0 Å². The van der Waals surface area contributed by atoms with Crippen LogP contribution in [-0.2, 0) is 13.6 Å². The highest BCUT2D eigenvalue weighted by Crippen LogP contribution is 2.17. The Morgan fingerprint density at radius 3 is 2.77 bits per heavy atom. The Morgan fingerprint density at radius 2 is 2.14 bits per heavy atom. The molecule has 5 nitrogen and oxygen atoms in total. The van der Waals surface area contributed by atoms with Crippen LogP contribution in [0.2, 0.25) is 0 Å². The molecule has 22 heavy (non-hydrogen) atoms. The average Bonchev–Trinajstić information content (AvgIpc) is 3.20. The Morgan fingerprint density at radius 1 is 1.36 bits per heavy atom. The van der Waals surface area contributed by atoms with Gasteiger partial charge in [0.05, 0.1) is 6.54 Å². The molecule has 1 saturated heterocycles. The summed E-state index contributed by atoms with van der Waals surface area (Å²) in [5, 5.41) is 3.49. The normalized spacial score (nSPS) is 22.2. The molecule has 0 saturated carbocycles. The number of rotatable bonds is 3. The molecular formula is C16H26IN5. The van der Waals surface area contributed by atoms with Crippen LogP contribution in [0.5, 0.6) is 0 Å². The van der Waals surface area contributed by atoms with E-state index in [4.69, 9.17) is 0 Å². The molecule has 3 heterocycles. The summed E-state index contributed by atoms with van der Waals surface area (Å²) in [4.78, 5) is 9.38. The van der Waals surface area contributed by atoms with Crippen molar-refractivity contribution in [2.24, 2.45) is 12.0 Å². The zero-order valence-corrected chi connectivity index (χ0v) is 15.7. The third-order valence-electron chi connectivity index (χ3n) is 4.52. The van der Waals surface area contributed by atoms with E-state index in [1.165, 1.54) is 12.1 Å². The van der Waals surface area contributed by atoms with Gasteiger partial charge in [-0.2, -0.15) is 0 Å². The number of hydrogen-bond donors (Lipinski definition) is 1. The van der Waals surface area contributed by atoms with Gasteiger partial charge in [-0.3, -0.25) is 9.89 Å². The second kappa shape index (κ2) is 8.01. The zero-order chi connectivity index (χ0) is 14.7. The Kier molecular flexibility index (Phi) is 6.31. The van der Waals surface area contributed by atoms with E-state index in [2.05, 4.69) is 62.2 Å². The number of hydrogen-bond acceptors (Lipinski definition) is 2. The number of guanidine groups is 1. The fraction of sp³-hybridized carbons (Fsp3) is 0.562. The first-order chi connectivity index (χ1) is 10.3. The second-order valence-electron chi connectivity index (χ2n) is 5.83. The first-order valence-electron chi connectivity index (χ1n) is 7.73. The van der Waals surface area contributed by atoms with E-state index in [0.29, 0.717) is 6.04 Å². The number of halogens is 1. The van der Waals surface area contributed by atoms with Gasteiger partial charge >= 0.3 is 0 Å². The molecule has 1 unspecified atom stereocenters. The monoisotopic (exact) mass is 415 g/mol. The predicted molar refractivity (Wildman–Crippen MR) is 102 cm³/mol.